The van der Waals surface area contributed by atoms with Gasteiger partial charge in [0.1, 0.15) is 18.9 Å². The first-order chi connectivity index (χ1) is 17.9. The van der Waals surface area contributed by atoms with E-state index in [0.29, 0.717) is 42.5 Å². The Morgan fingerprint density at radius 2 is 1.76 bits per heavy atom. The average molecular weight is 523 g/mol. The Labute approximate surface area is 222 Å². The van der Waals surface area contributed by atoms with Gasteiger partial charge in [-0.05, 0) is 65.7 Å². The van der Waals surface area contributed by atoms with Gasteiger partial charge in [0.15, 0.2) is 11.5 Å². The molecule has 2 aromatic carbocycles. The summed E-state index contributed by atoms with van der Waals surface area (Å²) in [7, 11) is 3.20. The van der Waals surface area contributed by atoms with E-state index in [4.69, 9.17) is 14.2 Å². The molecule has 0 bridgehead atoms. The fourth-order valence-corrected chi connectivity index (χ4v) is 5.54. The Morgan fingerprint density at radius 1 is 1.03 bits per heavy atom. The number of amides is 2. The number of hydrogen-bond acceptors (Lipinski definition) is 6. The summed E-state index contributed by atoms with van der Waals surface area (Å²) >= 11 is 1.71. The number of rotatable bonds is 10. The lowest BCUT2D eigenvalue weighted by molar-refractivity contribution is -0.135. The fourth-order valence-electron chi connectivity index (χ4n) is 4.61. The molecule has 37 heavy (non-hydrogen) atoms. The summed E-state index contributed by atoms with van der Waals surface area (Å²) in [6.07, 6.45) is 0.792. The van der Waals surface area contributed by atoms with Crippen molar-refractivity contribution < 1.29 is 23.8 Å². The molecule has 0 saturated carbocycles. The maximum Gasteiger partial charge on any atom is 0.254 e. The summed E-state index contributed by atoms with van der Waals surface area (Å²) in [6, 6.07) is 16.3. The number of nitrogens with zero attached hydrogens (tertiary/aromatic N) is 2. The molecule has 3 aromatic rings. The van der Waals surface area contributed by atoms with E-state index < -0.39 is 0 Å². The summed E-state index contributed by atoms with van der Waals surface area (Å²) in [6.45, 7) is 5.46. The van der Waals surface area contributed by atoms with Crippen LogP contribution in [0.5, 0.6) is 17.2 Å². The number of para-hydroxylation sites is 2. The first-order valence-corrected chi connectivity index (χ1v) is 13.3. The van der Waals surface area contributed by atoms with Gasteiger partial charge in [-0.1, -0.05) is 26.0 Å². The highest BCUT2D eigenvalue weighted by Gasteiger charge is 2.34. The van der Waals surface area contributed by atoms with Crippen LogP contribution in [0.1, 0.15) is 40.7 Å². The van der Waals surface area contributed by atoms with E-state index >= 15 is 0 Å². The number of carbonyl (C=O) groups is 2. The number of thiophene rings is 1. The summed E-state index contributed by atoms with van der Waals surface area (Å²) < 4.78 is 16.8. The van der Waals surface area contributed by atoms with Gasteiger partial charge in [-0.3, -0.25) is 9.59 Å². The molecular formula is C29H34N2O5S. The molecule has 1 aromatic heterocycles. The van der Waals surface area contributed by atoms with Gasteiger partial charge in [-0.2, -0.15) is 0 Å². The van der Waals surface area contributed by atoms with Crippen LogP contribution in [0.4, 0.5) is 0 Å². The van der Waals surface area contributed by atoms with Crippen molar-refractivity contribution in [2.45, 2.75) is 26.3 Å². The lowest BCUT2D eigenvalue weighted by Gasteiger charge is -2.37. The van der Waals surface area contributed by atoms with E-state index in [9.17, 15) is 9.59 Å². The molecule has 0 spiro atoms. The Kier molecular flexibility index (Phi) is 8.71. The first-order valence-electron chi connectivity index (χ1n) is 12.5. The molecule has 0 N–H and O–H groups in total. The summed E-state index contributed by atoms with van der Waals surface area (Å²) in [4.78, 5) is 31.9. The SMILES string of the molecule is COc1ccc(C(=O)N(CC(=O)N2CCc3sccc3C2COc2ccccc2OC)CC(C)C)cc1. The lowest BCUT2D eigenvalue weighted by Crippen LogP contribution is -2.48. The fraction of sp³-hybridized carbons (Fsp3) is 0.379. The van der Waals surface area contributed by atoms with Gasteiger partial charge in [-0.15, -0.1) is 11.3 Å². The minimum atomic E-state index is -0.246. The number of fused-ring (bicyclic) bond motifs is 1. The highest BCUT2D eigenvalue weighted by molar-refractivity contribution is 7.10. The molecule has 1 atom stereocenters. The van der Waals surface area contributed by atoms with E-state index in [1.807, 2.05) is 43.0 Å². The molecule has 0 aliphatic carbocycles. The third-order valence-corrected chi connectivity index (χ3v) is 7.41. The van der Waals surface area contributed by atoms with Crippen LogP contribution in [0.2, 0.25) is 0 Å². The lowest BCUT2D eigenvalue weighted by atomic mass is 10.00. The Morgan fingerprint density at radius 3 is 2.43 bits per heavy atom. The summed E-state index contributed by atoms with van der Waals surface area (Å²) in [5.41, 5.74) is 1.64. The number of ether oxygens (including phenoxy) is 3. The van der Waals surface area contributed by atoms with Gasteiger partial charge in [-0.25, -0.2) is 0 Å². The smallest absolute Gasteiger partial charge is 0.254 e. The van der Waals surface area contributed by atoms with E-state index in [2.05, 4.69) is 11.4 Å². The summed E-state index contributed by atoms with van der Waals surface area (Å²) in [5, 5.41) is 2.06. The number of methoxy groups -OCH3 is 2. The second-order valence-corrected chi connectivity index (χ2v) is 10.4. The first kappa shape index (κ1) is 26.5. The number of benzene rings is 2. The van der Waals surface area contributed by atoms with Crippen molar-refractivity contribution in [2.24, 2.45) is 5.92 Å². The van der Waals surface area contributed by atoms with Crippen LogP contribution in [-0.2, 0) is 11.2 Å². The molecule has 1 aliphatic heterocycles. The monoisotopic (exact) mass is 522 g/mol. The normalized spacial score (nSPS) is 14.7. The van der Waals surface area contributed by atoms with Crippen LogP contribution in [0, 0.1) is 5.92 Å². The molecule has 0 radical (unpaired) electrons. The average Bonchev–Trinajstić information content (AvgIpc) is 3.40. The molecule has 1 unspecified atom stereocenters. The van der Waals surface area contributed by atoms with Gasteiger partial charge in [0.05, 0.1) is 20.3 Å². The zero-order chi connectivity index (χ0) is 26.4. The van der Waals surface area contributed by atoms with Gasteiger partial charge in [0, 0.05) is 23.5 Å². The molecule has 0 fully saturated rings. The van der Waals surface area contributed by atoms with Crippen molar-refractivity contribution in [1.82, 2.24) is 9.80 Å². The van der Waals surface area contributed by atoms with E-state index in [0.717, 1.165) is 12.0 Å². The standard InChI is InChI=1S/C29H34N2O5S/c1-20(2)17-30(29(33)21-9-11-22(34-3)12-10-21)18-28(32)31-15-13-27-23(14-16-37-27)24(31)19-36-26-8-6-5-7-25(26)35-4/h5-12,14,16,20,24H,13,15,17-19H2,1-4H3. The van der Waals surface area contributed by atoms with E-state index in [-0.39, 0.29) is 30.3 Å². The van der Waals surface area contributed by atoms with Crippen LogP contribution >= 0.6 is 11.3 Å². The van der Waals surface area contributed by atoms with Gasteiger partial charge in [0.25, 0.3) is 5.91 Å². The van der Waals surface area contributed by atoms with Gasteiger partial charge in [0.2, 0.25) is 5.91 Å². The maximum atomic E-state index is 13.7. The zero-order valence-electron chi connectivity index (χ0n) is 21.8. The van der Waals surface area contributed by atoms with Crippen molar-refractivity contribution in [3.63, 3.8) is 0 Å². The molecule has 4 rings (SSSR count). The zero-order valence-corrected chi connectivity index (χ0v) is 22.6. The Hall–Kier alpha value is -3.52. The van der Waals surface area contributed by atoms with E-state index in [1.54, 1.807) is 54.7 Å². The highest BCUT2D eigenvalue weighted by atomic mass is 32.1. The quantitative estimate of drug-likeness (QED) is 0.372. The molecule has 2 heterocycles. The topological polar surface area (TPSA) is 68.3 Å². The van der Waals surface area contributed by atoms with Crippen LogP contribution in [-0.4, -0.2) is 62.1 Å². The molecular weight excluding hydrogens is 488 g/mol. The largest absolute Gasteiger partial charge is 0.497 e. The second kappa shape index (κ2) is 12.1. The molecule has 8 heteroatoms. The van der Waals surface area contributed by atoms with Crippen molar-refractivity contribution in [3.05, 3.63) is 76.0 Å². The van der Waals surface area contributed by atoms with Crippen LogP contribution in [0.15, 0.2) is 60.0 Å². The molecule has 2 amide bonds. The van der Waals surface area contributed by atoms with E-state index in [1.165, 1.54) is 4.88 Å². The van der Waals surface area contributed by atoms with Gasteiger partial charge >= 0.3 is 0 Å². The number of hydrogen-bond donors (Lipinski definition) is 0. The summed E-state index contributed by atoms with van der Waals surface area (Å²) in [5.74, 6) is 1.92. The highest BCUT2D eigenvalue weighted by Crippen LogP contribution is 2.35. The predicted octanol–water partition coefficient (Wildman–Crippen LogP) is 5.07. The third-order valence-electron chi connectivity index (χ3n) is 6.42. The molecule has 1 aliphatic rings. The third kappa shape index (κ3) is 6.25. The van der Waals surface area contributed by atoms with Crippen LogP contribution in [0.3, 0.4) is 0 Å². The predicted molar refractivity (Wildman–Crippen MR) is 145 cm³/mol. The van der Waals surface area contributed by atoms with Crippen molar-refractivity contribution in [2.75, 3.05) is 40.5 Å². The molecule has 0 saturated heterocycles. The van der Waals surface area contributed by atoms with Crippen LogP contribution < -0.4 is 14.2 Å². The van der Waals surface area contributed by atoms with Gasteiger partial charge < -0.3 is 24.0 Å². The van der Waals surface area contributed by atoms with Crippen molar-refractivity contribution in [3.8, 4) is 17.2 Å². The minimum Gasteiger partial charge on any atom is -0.497 e. The number of carbonyl (C=O) groups excluding carboxylic acids is 2. The molecule has 7 nitrogen and oxygen atoms in total. The minimum absolute atomic E-state index is 0.00761. The van der Waals surface area contributed by atoms with Crippen LogP contribution in [0.25, 0.3) is 0 Å². The molecule has 196 valence electrons. The Bertz CT molecular complexity index is 1210. The second-order valence-electron chi connectivity index (χ2n) is 9.42. The maximum absolute atomic E-state index is 13.7. The van der Waals surface area contributed by atoms with Crippen molar-refractivity contribution >= 4 is 23.2 Å². The Balaban J connectivity index is 1.54. The van der Waals surface area contributed by atoms with Crippen molar-refractivity contribution in [1.29, 1.82) is 0 Å².